The number of nitrogens with zero attached hydrogens (tertiary/aromatic N) is 1. The van der Waals surface area contributed by atoms with E-state index in [1.54, 1.807) is 0 Å². The standard InChI is InChI=1S/C9H8N2O2S.C6H6/c12-8-6-11(9(13)10-8)14-7-4-2-1-3-5-7;1-2-4-6-5-3-1/h1-5H,6H2,(H,10,12,13);1-6H. The highest BCUT2D eigenvalue weighted by atomic mass is 32.2. The molecule has 0 bridgehead atoms. The minimum absolute atomic E-state index is 0.123. The molecular formula is C15H14N2O2S. The van der Waals surface area contributed by atoms with E-state index >= 15 is 0 Å². The van der Waals surface area contributed by atoms with Crippen molar-refractivity contribution in [3.05, 3.63) is 66.7 Å². The van der Waals surface area contributed by atoms with Crippen molar-refractivity contribution >= 4 is 23.9 Å². The summed E-state index contributed by atoms with van der Waals surface area (Å²) >= 11 is 1.26. The summed E-state index contributed by atoms with van der Waals surface area (Å²) in [4.78, 5) is 23.0. The Morgan fingerprint density at radius 1 is 0.850 bits per heavy atom. The lowest BCUT2D eigenvalue weighted by atomic mass is 10.4. The van der Waals surface area contributed by atoms with Crippen molar-refractivity contribution in [2.75, 3.05) is 6.54 Å². The first-order valence-corrected chi connectivity index (χ1v) is 6.87. The number of urea groups is 1. The topological polar surface area (TPSA) is 49.4 Å². The molecule has 2 aromatic rings. The maximum absolute atomic E-state index is 11.2. The van der Waals surface area contributed by atoms with Gasteiger partial charge in [0, 0.05) is 4.90 Å². The molecule has 5 heteroatoms. The Bertz CT molecular complexity index is 534. The number of carbonyl (C=O) groups is 2. The lowest BCUT2D eigenvalue weighted by Gasteiger charge is -2.10. The number of benzene rings is 2. The minimum Gasteiger partial charge on any atom is -0.276 e. The van der Waals surface area contributed by atoms with E-state index in [0.29, 0.717) is 0 Å². The summed E-state index contributed by atoms with van der Waals surface area (Å²) in [6, 6.07) is 21.1. The molecule has 1 fully saturated rings. The van der Waals surface area contributed by atoms with Gasteiger partial charge in [-0.25, -0.2) is 4.79 Å². The van der Waals surface area contributed by atoms with Gasteiger partial charge in [0.2, 0.25) is 5.91 Å². The lowest BCUT2D eigenvalue weighted by Crippen LogP contribution is -2.22. The van der Waals surface area contributed by atoms with Gasteiger partial charge in [0.25, 0.3) is 0 Å². The second-order valence-electron chi connectivity index (χ2n) is 3.95. The van der Waals surface area contributed by atoms with Crippen molar-refractivity contribution in [3.63, 3.8) is 0 Å². The fourth-order valence-electron chi connectivity index (χ4n) is 1.49. The van der Waals surface area contributed by atoms with Crippen LogP contribution >= 0.6 is 11.9 Å². The number of hydrogen-bond acceptors (Lipinski definition) is 3. The second kappa shape index (κ2) is 7.35. The van der Waals surface area contributed by atoms with Crippen molar-refractivity contribution in [2.45, 2.75) is 4.90 Å². The first-order valence-electron chi connectivity index (χ1n) is 6.10. The zero-order valence-corrected chi connectivity index (χ0v) is 11.5. The van der Waals surface area contributed by atoms with Crippen molar-refractivity contribution in [1.29, 1.82) is 0 Å². The summed E-state index contributed by atoms with van der Waals surface area (Å²) < 4.78 is 1.40. The Morgan fingerprint density at radius 2 is 1.35 bits per heavy atom. The molecule has 4 nitrogen and oxygen atoms in total. The Hall–Kier alpha value is -2.27. The van der Waals surface area contributed by atoms with Crippen LogP contribution in [0.2, 0.25) is 0 Å². The van der Waals surface area contributed by atoms with Crippen molar-refractivity contribution in [2.24, 2.45) is 0 Å². The van der Waals surface area contributed by atoms with Crippen LogP contribution in [0.4, 0.5) is 4.79 Å². The molecule has 0 aliphatic carbocycles. The molecule has 2 aromatic carbocycles. The molecule has 1 N–H and O–H groups in total. The Kier molecular flexibility index (Phi) is 5.20. The third kappa shape index (κ3) is 4.44. The average molecular weight is 286 g/mol. The molecule has 3 rings (SSSR count). The molecule has 102 valence electrons. The molecule has 1 heterocycles. The van der Waals surface area contributed by atoms with Crippen LogP contribution in [0.25, 0.3) is 0 Å². The second-order valence-corrected chi connectivity index (χ2v) is 5.04. The number of imide groups is 1. The summed E-state index contributed by atoms with van der Waals surface area (Å²) in [5.74, 6) is -0.251. The van der Waals surface area contributed by atoms with Crippen LogP contribution in [0.15, 0.2) is 71.6 Å². The van der Waals surface area contributed by atoms with Crippen LogP contribution in [0.1, 0.15) is 0 Å². The molecular weight excluding hydrogens is 272 g/mol. The maximum Gasteiger partial charge on any atom is 0.334 e. The molecule has 0 saturated carbocycles. The monoisotopic (exact) mass is 286 g/mol. The molecule has 1 aliphatic rings. The fraction of sp³-hybridized carbons (Fsp3) is 0.0667. The molecule has 0 radical (unpaired) electrons. The summed E-state index contributed by atoms with van der Waals surface area (Å²) in [5.41, 5.74) is 0. The zero-order chi connectivity index (χ0) is 14.2. The molecule has 20 heavy (non-hydrogen) atoms. The van der Waals surface area contributed by atoms with Crippen LogP contribution in [0, 0.1) is 0 Å². The predicted molar refractivity (Wildman–Crippen MR) is 79.0 cm³/mol. The van der Waals surface area contributed by atoms with E-state index in [0.717, 1.165) is 4.90 Å². The van der Waals surface area contributed by atoms with Gasteiger partial charge < -0.3 is 0 Å². The van der Waals surface area contributed by atoms with Crippen LogP contribution in [0.3, 0.4) is 0 Å². The zero-order valence-electron chi connectivity index (χ0n) is 10.7. The van der Waals surface area contributed by atoms with Gasteiger partial charge in [-0.05, 0) is 24.1 Å². The third-order valence-electron chi connectivity index (χ3n) is 2.39. The van der Waals surface area contributed by atoms with Gasteiger partial charge in [-0.3, -0.25) is 14.4 Å². The number of carbonyl (C=O) groups excluding carboxylic acids is 2. The quantitative estimate of drug-likeness (QED) is 0.682. The molecule has 0 unspecified atom stereocenters. The maximum atomic E-state index is 11.2. The predicted octanol–water partition coefficient (Wildman–Crippen LogP) is 2.93. The lowest BCUT2D eigenvalue weighted by molar-refractivity contribution is -0.118. The summed E-state index contributed by atoms with van der Waals surface area (Å²) in [5, 5.41) is 2.21. The summed E-state index contributed by atoms with van der Waals surface area (Å²) in [6.07, 6.45) is 0. The first-order chi connectivity index (χ1) is 9.75. The Labute approximate surface area is 121 Å². The smallest absolute Gasteiger partial charge is 0.276 e. The van der Waals surface area contributed by atoms with E-state index in [1.807, 2.05) is 66.7 Å². The number of amides is 3. The molecule has 1 saturated heterocycles. The van der Waals surface area contributed by atoms with E-state index in [2.05, 4.69) is 5.32 Å². The normalized spacial score (nSPS) is 13.5. The molecule has 0 aromatic heterocycles. The molecule has 1 aliphatic heterocycles. The fourth-order valence-corrected chi connectivity index (χ4v) is 2.33. The Balaban J connectivity index is 0.000000205. The summed E-state index contributed by atoms with van der Waals surface area (Å²) in [7, 11) is 0. The van der Waals surface area contributed by atoms with Crippen molar-refractivity contribution < 1.29 is 9.59 Å². The largest absolute Gasteiger partial charge is 0.334 e. The van der Waals surface area contributed by atoms with E-state index in [1.165, 1.54) is 16.3 Å². The molecule has 3 amide bonds. The number of nitrogens with one attached hydrogen (secondary N) is 1. The van der Waals surface area contributed by atoms with Gasteiger partial charge in [0.1, 0.15) is 6.54 Å². The van der Waals surface area contributed by atoms with Crippen LogP contribution in [0.5, 0.6) is 0 Å². The van der Waals surface area contributed by atoms with Gasteiger partial charge in [-0.15, -0.1) is 0 Å². The van der Waals surface area contributed by atoms with E-state index in [9.17, 15) is 9.59 Å². The highest BCUT2D eigenvalue weighted by molar-refractivity contribution is 7.97. The molecule has 0 atom stereocenters. The van der Waals surface area contributed by atoms with Gasteiger partial charge in [0.05, 0.1) is 0 Å². The highest BCUT2D eigenvalue weighted by Crippen LogP contribution is 2.23. The highest BCUT2D eigenvalue weighted by Gasteiger charge is 2.27. The van der Waals surface area contributed by atoms with Crippen molar-refractivity contribution in [1.82, 2.24) is 9.62 Å². The summed E-state index contributed by atoms with van der Waals surface area (Å²) in [6.45, 7) is 0.123. The SMILES string of the molecule is O=C1CN(Sc2ccccc2)C(=O)N1.c1ccccc1. The van der Waals surface area contributed by atoms with E-state index in [4.69, 9.17) is 0 Å². The van der Waals surface area contributed by atoms with Crippen LogP contribution in [-0.2, 0) is 4.79 Å². The average Bonchev–Trinajstić information content (AvgIpc) is 2.80. The molecule has 0 spiro atoms. The van der Waals surface area contributed by atoms with Gasteiger partial charge in [-0.1, -0.05) is 54.6 Å². The van der Waals surface area contributed by atoms with Gasteiger partial charge in [-0.2, -0.15) is 0 Å². The third-order valence-corrected chi connectivity index (χ3v) is 3.38. The van der Waals surface area contributed by atoms with E-state index in [-0.39, 0.29) is 18.5 Å². The number of hydrogen-bond donors (Lipinski definition) is 1. The van der Waals surface area contributed by atoms with E-state index < -0.39 is 0 Å². The van der Waals surface area contributed by atoms with Crippen LogP contribution < -0.4 is 5.32 Å². The number of rotatable bonds is 2. The first kappa shape index (κ1) is 14.1. The van der Waals surface area contributed by atoms with Crippen molar-refractivity contribution in [3.8, 4) is 0 Å². The Morgan fingerprint density at radius 3 is 1.80 bits per heavy atom. The van der Waals surface area contributed by atoms with Crippen LogP contribution in [-0.4, -0.2) is 22.8 Å². The van der Waals surface area contributed by atoms with Gasteiger partial charge in [0.15, 0.2) is 0 Å². The van der Waals surface area contributed by atoms with Gasteiger partial charge >= 0.3 is 6.03 Å². The minimum atomic E-state index is -0.344.